The molecule has 0 aromatic heterocycles. The molecule has 5 nitrogen and oxygen atoms in total. The molecule has 122 valence electrons. The second-order valence-electron chi connectivity index (χ2n) is 5.86. The fourth-order valence-electron chi connectivity index (χ4n) is 2.40. The summed E-state index contributed by atoms with van der Waals surface area (Å²) < 4.78 is 11.2. The van der Waals surface area contributed by atoms with Crippen LogP contribution in [0.1, 0.15) is 17.5 Å². The molecule has 0 bridgehead atoms. The fourth-order valence-corrected chi connectivity index (χ4v) is 2.40. The summed E-state index contributed by atoms with van der Waals surface area (Å²) in [6.45, 7) is 7.31. The number of aryl methyl sites for hydroxylation is 2. The van der Waals surface area contributed by atoms with E-state index in [9.17, 15) is 4.79 Å². The molecule has 1 fully saturated rings. The maximum absolute atomic E-state index is 12.1. The molecule has 5 heteroatoms. The number of amides is 1. The van der Waals surface area contributed by atoms with E-state index in [4.69, 9.17) is 9.47 Å². The van der Waals surface area contributed by atoms with E-state index in [0.717, 1.165) is 24.5 Å². The Labute approximate surface area is 132 Å². The van der Waals surface area contributed by atoms with Gasteiger partial charge in [0.2, 0.25) is 5.91 Å². The zero-order chi connectivity index (χ0) is 15.9. The molecule has 0 unspecified atom stereocenters. The standard InChI is InChI=1S/C17H26N2O3/c1-13-4-5-14(2)16(10-13)22-9-7-19(3)17(20)11-15-12-21-8-6-18-15/h4-5,10,15,18H,6-9,11-12H2,1-3H3/t15-/m1/s1. The van der Waals surface area contributed by atoms with Gasteiger partial charge in [-0.15, -0.1) is 0 Å². The quantitative estimate of drug-likeness (QED) is 0.866. The second kappa shape index (κ2) is 8.15. The molecule has 1 atom stereocenters. The Bertz CT molecular complexity index is 499. The normalized spacial score (nSPS) is 18.0. The van der Waals surface area contributed by atoms with Crippen molar-refractivity contribution in [1.29, 1.82) is 0 Å². The van der Waals surface area contributed by atoms with Gasteiger partial charge in [0.05, 0.1) is 19.8 Å². The highest BCUT2D eigenvalue weighted by molar-refractivity contribution is 5.76. The first-order valence-corrected chi connectivity index (χ1v) is 7.81. The molecule has 0 aliphatic carbocycles. The van der Waals surface area contributed by atoms with E-state index in [0.29, 0.717) is 26.2 Å². The van der Waals surface area contributed by atoms with Gasteiger partial charge in [-0.05, 0) is 31.0 Å². The number of morpholine rings is 1. The van der Waals surface area contributed by atoms with Crippen LogP contribution in [0.15, 0.2) is 18.2 Å². The zero-order valence-corrected chi connectivity index (χ0v) is 13.7. The van der Waals surface area contributed by atoms with Crippen molar-refractivity contribution in [2.45, 2.75) is 26.3 Å². The number of hydrogen-bond donors (Lipinski definition) is 1. The van der Waals surface area contributed by atoms with E-state index in [1.54, 1.807) is 4.90 Å². The highest BCUT2D eigenvalue weighted by Crippen LogP contribution is 2.18. The summed E-state index contributed by atoms with van der Waals surface area (Å²) in [6.07, 6.45) is 0.472. The molecular formula is C17H26N2O3. The number of benzene rings is 1. The van der Waals surface area contributed by atoms with Crippen molar-refractivity contribution in [3.63, 3.8) is 0 Å². The van der Waals surface area contributed by atoms with Gasteiger partial charge < -0.3 is 19.7 Å². The molecule has 0 spiro atoms. The first kappa shape index (κ1) is 16.8. The number of nitrogens with one attached hydrogen (secondary N) is 1. The van der Waals surface area contributed by atoms with Gasteiger partial charge in [0.1, 0.15) is 12.4 Å². The molecule has 1 heterocycles. The monoisotopic (exact) mass is 306 g/mol. The number of carbonyl (C=O) groups excluding carboxylic acids is 1. The molecule has 1 aromatic carbocycles. The highest BCUT2D eigenvalue weighted by Gasteiger charge is 2.19. The lowest BCUT2D eigenvalue weighted by molar-refractivity contribution is -0.131. The molecule has 1 aliphatic rings. The Balaban J connectivity index is 1.73. The smallest absolute Gasteiger partial charge is 0.224 e. The number of hydrogen-bond acceptors (Lipinski definition) is 4. The van der Waals surface area contributed by atoms with Gasteiger partial charge in [-0.2, -0.15) is 0 Å². The summed E-state index contributed by atoms with van der Waals surface area (Å²) in [5.41, 5.74) is 2.29. The number of likely N-dealkylation sites (N-methyl/N-ethyl adjacent to an activating group) is 1. The van der Waals surface area contributed by atoms with Crippen molar-refractivity contribution in [2.75, 3.05) is 40.0 Å². The van der Waals surface area contributed by atoms with Crippen LogP contribution in [0.25, 0.3) is 0 Å². The van der Waals surface area contributed by atoms with Gasteiger partial charge in [-0.3, -0.25) is 4.79 Å². The SMILES string of the molecule is Cc1ccc(C)c(OCCN(C)C(=O)C[C@@H]2COCCN2)c1. The van der Waals surface area contributed by atoms with Crippen molar-refractivity contribution in [2.24, 2.45) is 0 Å². The van der Waals surface area contributed by atoms with Crippen molar-refractivity contribution >= 4 is 5.91 Å². The van der Waals surface area contributed by atoms with Crippen LogP contribution in [0, 0.1) is 13.8 Å². The summed E-state index contributed by atoms with van der Waals surface area (Å²) in [7, 11) is 1.82. The minimum absolute atomic E-state index is 0.118. The molecule has 1 amide bonds. The topological polar surface area (TPSA) is 50.8 Å². The van der Waals surface area contributed by atoms with Crippen molar-refractivity contribution in [3.8, 4) is 5.75 Å². The average Bonchev–Trinajstić information content (AvgIpc) is 2.51. The van der Waals surface area contributed by atoms with Crippen molar-refractivity contribution < 1.29 is 14.3 Å². The van der Waals surface area contributed by atoms with Gasteiger partial charge in [0.15, 0.2) is 0 Å². The van der Waals surface area contributed by atoms with Crippen LogP contribution in [-0.2, 0) is 9.53 Å². The summed E-state index contributed by atoms with van der Waals surface area (Å²) in [5.74, 6) is 1.01. The van der Waals surface area contributed by atoms with Crippen LogP contribution in [0.3, 0.4) is 0 Å². The van der Waals surface area contributed by atoms with Crippen molar-refractivity contribution in [1.82, 2.24) is 10.2 Å². The predicted octanol–water partition coefficient (Wildman–Crippen LogP) is 1.52. The predicted molar refractivity (Wildman–Crippen MR) is 86.3 cm³/mol. The third kappa shape index (κ3) is 5.00. The lowest BCUT2D eigenvalue weighted by atomic mass is 10.1. The van der Waals surface area contributed by atoms with Gasteiger partial charge in [0.25, 0.3) is 0 Å². The van der Waals surface area contributed by atoms with Crippen LogP contribution >= 0.6 is 0 Å². The molecule has 1 saturated heterocycles. The highest BCUT2D eigenvalue weighted by atomic mass is 16.5. The summed E-state index contributed by atoms with van der Waals surface area (Å²) >= 11 is 0. The van der Waals surface area contributed by atoms with Gasteiger partial charge >= 0.3 is 0 Å². The minimum Gasteiger partial charge on any atom is -0.491 e. The molecule has 1 aliphatic heterocycles. The van der Waals surface area contributed by atoms with Crippen LogP contribution in [-0.4, -0.2) is 56.8 Å². The van der Waals surface area contributed by atoms with Crippen LogP contribution in [0.2, 0.25) is 0 Å². The Kier molecular flexibility index (Phi) is 6.21. The summed E-state index contributed by atoms with van der Waals surface area (Å²) in [4.78, 5) is 13.9. The number of rotatable bonds is 6. The lowest BCUT2D eigenvalue weighted by Gasteiger charge is -2.25. The lowest BCUT2D eigenvalue weighted by Crippen LogP contribution is -2.45. The first-order chi connectivity index (χ1) is 10.6. The number of nitrogens with zero attached hydrogens (tertiary/aromatic N) is 1. The minimum atomic E-state index is 0.118. The second-order valence-corrected chi connectivity index (χ2v) is 5.86. The molecule has 22 heavy (non-hydrogen) atoms. The fraction of sp³-hybridized carbons (Fsp3) is 0.588. The molecule has 1 N–H and O–H groups in total. The molecular weight excluding hydrogens is 280 g/mol. The van der Waals surface area contributed by atoms with E-state index < -0.39 is 0 Å². The molecule has 1 aromatic rings. The molecule has 0 radical (unpaired) electrons. The first-order valence-electron chi connectivity index (χ1n) is 7.81. The van der Waals surface area contributed by atoms with Crippen LogP contribution < -0.4 is 10.1 Å². The van der Waals surface area contributed by atoms with E-state index >= 15 is 0 Å². The maximum Gasteiger partial charge on any atom is 0.224 e. The zero-order valence-electron chi connectivity index (χ0n) is 13.7. The van der Waals surface area contributed by atoms with Crippen LogP contribution in [0.4, 0.5) is 0 Å². The number of ether oxygens (including phenoxy) is 2. The Morgan fingerprint density at radius 3 is 3.00 bits per heavy atom. The van der Waals surface area contributed by atoms with Gasteiger partial charge in [0, 0.05) is 26.1 Å². The number of carbonyl (C=O) groups is 1. The van der Waals surface area contributed by atoms with E-state index in [2.05, 4.69) is 11.4 Å². The van der Waals surface area contributed by atoms with E-state index in [1.807, 2.05) is 33.0 Å². The Morgan fingerprint density at radius 2 is 2.27 bits per heavy atom. The third-order valence-corrected chi connectivity index (χ3v) is 3.87. The summed E-state index contributed by atoms with van der Waals surface area (Å²) in [6, 6.07) is 6.27. The average molecular weight is 306 g/mol. The molecule has 2 rings (SSSR count). The van der Waals surface area contributed by atoms with E-state index in [1.165, 1.54) is 5.56 Å². The van der Waals surface area contributed by atoms with Crippen LogP contribution in [0.5, 0.6) is 5.75 Å². The largest absolute Gasteiger partial charge is 0.491 e. The van der Waals surface area contributed by atoms with E-state index in [-0.39, 0.29) is 11.9 Å². The molecule has 0 saturated carbocycles. The van der Waals surface area contributed by atoms with Gasteiger partial charge in [-0.1, -0.05) is 12.1 Å². The third-order valence-electron chi connectivity index (χ3n) is 3.87. The summed E-state index contributed by atoms with van der Waals surface area (Å²) in [5, 5.41) is 3.30. The maximum atomic E-state index is 12.1. The Hall–Kier alpha value is -1.59. The van der Waals surface area contributed by atoms with Crippen molar-refractivity contribution in [3.05, 3.63) is 29.3 Å². The Morgan fingerprint density at radius 1 is 1.45 bits per heavy atom. The van der Waals surface area contributed by atoms with Gasteiger partial charge in [-0.25, -0.2) is 0 Å².